The minimum absolute atomic E-state index is 0.263. The van der Waals surface area contributed by atoms with Gasteiger partial charge < -0.3 is 14.3 Å². The highest BCUT2D eigenvalue weighted by Gasteiger charge is 2.16. The van der Waals surface area contributed by atoms with Gasteiger partial charge in [0.2, 0.25) is 0 Å². The highest BCUT2D eigenvalue weighted by molar-refractivity contribution is 6.16. The number of rotatable bonds is 6. The molecule has 0 fully saturated rings. The van der Waals surface area contributed by atoms with Gasteiger partial charge in [-0.15, -0.1) is 0 Å². The Morgan fingerprint density at radius 3 is 2.55 bits per heavy atom. The van der Waals surface area contributed by atoms with E-state index >= 15 is 0 Å². The number of methoxy groups -OCH3 is 2. The van der Waals surface area contributed by atoms with Crippen LogP contribution in [-0.4, -0.2) is 25.9 Å². The largest absolute Gasteiger partial charge is 0.503 e. The molecule has 1 rings (SSSR count). The molecule has 5 heteroatoms. The van der Waals surface area contributed by atoms with E-state index in [1.807, 2.05) is 38.1 Å². The standard InChI is InChI=1S/C15H19NO4/c1-11(2)16-20-9-12-7-5-6-8-13(12)14(10-18-3)15(17)19-4/h5-8,10H,9H2,1-4H3/b14-10+. The fraction of sp³-hybridized carbons (Fsp3) is 0.333. The molecule has 0 bridgehead atoms. The second-order valence-corrected chi connectivity index (χ2v) is 4.23. The topological polar surface area (TPSA) is 57.1 Å². The van der Waals surface area contributed by atoms with Crippen molar-refractivity contribution in [2.75, 3.05) is 14.2 Å². The van der Waals surface area contributed by atoms with Crippen LogP contribution in [0.4, 0.5) is 0 Å². The summed E-state index contributed by atoms with van der Waals surface area (Å²) in [5, 5.41) is 3.88. The molecule has 0 N–H and O–H groups in total. The van der Waals surface area contributed by atoms with Crippen LogP contribution in [0.2, 0.25) is 0 Å². The van der Waals surface area contributed by atoms with Gasteiger partial charge in [0.1, 0.15) is 12.2 Å². The molecule has 20 heavy (non-hydrogen) atoms. The lowest BCUT2D eigenvalue weighted by atomic mass is 10.0. The van der Waals surface area contributed by atoms with E-state index in [0.29, 0.717) is 11.1 Å². The minimum Gasteiger partial charge on any atom is -0.503 e. The van der Waals surface area contributed by atoms with E-state index in [-0.39, 0.29) is 6.61 Å². The molecule has 108 valence electrons. The first-order chi connectivity index (χ1) is 9.60. The van der Waals surface area contributed by atoms with E-state index < -0.39 is 5.97 Å². The maximum Gasteiger partial charge on any atom is 0.341 e. The molecule has 5 nitrogen and oxygen atoms in total. The zero-order valence-electron chi connectivity index (χ0n) is 12.2. The number of hydrogen-bond acceptors (Lipinski definition) is 5. The second-order valence-electron chi connectivity index (χ2n) is 4.23. The molecule has 0 spiro atoms. The smallest absolute Gasteiger partial charge is 0.341 e. The first-order valence-electron chi connectivity index (χ1n) is 6.12. The summed E-state index contributed by atoms with van der Waals surface area (Å²) >= 11 is 0. The van der Waals surface area contributed by atoms with Crippen molar-refractivity contribution < 1.29 is 19.1 Å². The van der Waals surface area contributed by atoms with Crippen molar-refractivity contribution in [3.63, 3.8) is 0 Å². The number of esters is 1. The van der Waals surface area contributed by atoms with Crippen LogP contribution in [0.25, 0.3) is 5.57 Å². The number of benzene rings is 1. The molecule has 0 heterocycles. The van der Waals surface area contributed by atoms with E-state index in [1.54, 1.807) is 0 Å². The number of oxime groups is 1. The van der Waals surface area contributed by atoms with Crippen LogP contribution in [0, 0.1) is 0 Å². The van der Waals surface area contributed by atoms with E-state index in [0.717, 1.165) is 11.3 Å². The first kappa shape index (κ1) is 15.8. The third-order valence-corrected chi connectivity index (χ3v) is 2.42. The third kappa shape index (κ3) is 4.42. The zero-order valence-corrected chi connectivity index (χ0v) is 12.2. The van der Waals surface area contributed by atoms with E-state index in [9.17, 15) is 4.79 Å². The maximum atomic E-state index is 11.8. The van der Waals surface area contributed by atoms with Crippen LogP contribution < -0.4 is 0 Å². The minimum atomic E-state index is -0.463. The summed E-state index contributed by atoms with van der Waals surface area (Å²) in [5.74, 6) is -0.463. The Labute approximate surface area is 118 Å². The number of carbonyl (C=O) groups excluding carboxylic acids is 1. The predicted molar refractivity (Wildman–Crippen MR) is 77.0 cm³/mol. The molecule has 0 aromatic heterocycles. The molecular formula is C15H19NO4. The van der Waals surface area contributed by atoms with Crippen molar-refractivity contribution in [3.05, 3.63) is 41.7 Å². The summed E-state index contributed by atoms with van der Waals surface area (Å²) in [5.41, 5.74) is 2.69. The van der Waals surface area contributed by atoms with Crippen LogP contribution in [0.1, 0.15) is 25.0 Å². The Hall–Kier alpha value is -2.30. The molecule has 0 amide bonds. The van der Waals surface area contributed by atoms with E-state index in [2.05, 4.69) is 5.16 Å². The average Bonchev–Trinajstić information content (AvgIpc) is 2.44. The Morgan fingerprint density at radius 2 is 1.95 bits per heavy atom. The Balaban J connectivity index is 3.07. The molecule has 1 aromatic carbocycles. The van der Waals surface area contributed by atoms with Crippen molar-refractivity contribution >= 4 is 17.3 Å². The van der Waals surface area contributed by atoms with Gasteiger partial charge >= 0.3 is 5.97 Å². The van der Waals surface area contributed by atoms with Gasteiger partial charge in [-0.3, -0.25) is 0 Å². The molecule has 0 radical (unpaired) electrons. The van der Waals surface area contributed by atoms with E-state index in [4.69, 9.17) is 14.3 Å². The van der Waals surface area contributed by atoms with Gasteiger partial charge in [0.25, 0.3) is 0 Å². The fourth-order valence-corrected chi connectivity index (χ4v) is 1.59. The van der Waals surface area contributed by atoms with Crippen LogP contribution in [0.5, 0.6) is 0 Å². The number of ether oxygens (including phenoxy) is 2. The van der Waals surface area contributed by atoms with Gasteiger partial charge in [0.15, 0.2) is 0 Å². The zero-order chi connectivity index (χ0) is 15.0. The Morgan fingerprint density at radius 1 is 1.25 bits per heavy atom. The predicted octanol–water partition coefficient (Wildman–Crippen LogP) is 2.76. The van der Waals surface area contributed by atoms with Crippen molar-refractivity contribution in [1.82, 2.24) is 0 Å². The summed E-state index contributed by atoms with van der Waals surface area (Å²) < 4.78 is 9.71. The number of carbonyl (C=O) groups is 1. The lowest BCUT2D eigenvalue weighted by Gasteiger charge is -2.10. The molecule has 0 unspecified atom stereocenters. The molecule has 0 saturated carbocycles. The summed E-state index contributed by atoms with van der Waals surface area (Å²) in [6.45, 7) is 3.95. The normalized spacial score (nSPS) is 10.7. The van der Waals surface area contributed by atoms with Crippen molar-refractivity contribution in [2.24, 2.45) is 5.16 Å². The first-order valence-corrected chi connectivity index (χ1v) is 6.12. The van der Waals surface area contributed by atoms with Crippen molar-refractivity contribution in [1.29, 1.82) is 0 Å². The second kappa shape index (κ2) is 7.99. The molecule has 0 aliphatic rings. The quantitative estimate of drug-likeness (QED) is 0.264. The third-order valence-electron chi connectivity index (χ3n) is 2.42. The number of nitrogens with zero attached hydrogens (tertiary/aromatic N) is 1. The van der Waals surface area contributed by atoms with Crippen LogP contribution in [0.3, 0.4) is 0 Å². The highest BCUT2D eigenvalue weighted by Crippen LogP contribution is 2.21. The number of hydrogen-bond donors (Lipinski definition) is 0. The Bertz CT molecular complexity index is 516. The summed E-state index contributed by atoms with van der Waals surface area (Å²) in [7, 11) is 2.81. The van der Waals surface area contributed by atoms with Crippen molar-refractivity contribution in [2.45, 2.75) is 20.5 Å². The Kier molecular flexibility index (Phi) is 6.29. The molecule has 0 aliphatic heterocycles. The van der Waals surface area contributed by atoms with Gasteiger partial charge in [-0.05, 0) is 19.4 Å². The van der Waals surface area contributed by atoms with Gasteiger partial charge in [-0.25, -0.2) is 4.79 Å². The van der Waals surface area contributed by atoms with E-state index in [1.165, 1.54) is 20.5 Å². The van der Waals surface area contributed by atoms with Crippen LogP contribution in [-0.2, 0) is 25.7 Å². The molecule has 1 aromatic rings. The van der Waals surface area contributed by atoms with Gasteiger partial charge in [0.05, 0.1) is 26.2 Å². The van der Waals surface area contributed by atoms with Crippen LogP contribution in [0.15, 0.2) is 35.7 Å². The molecule has 0 atom stereocenters. The van der Waals surface area contributed by atoms with Gasteiger partial charge in [0, 0.05) is 5.56 Å². The highest BCUT2D eigenvalue weighted by atomic mass is 16.6. The fourth-order valence-electron chi connectivity index (χ4n) is 1.59. The lowest BCUT2D eigenvalue weighted by Crippen LogP contribution is -2.07. The SMILES string of the molecule is CO/C=C(/C(=O)OC)c1ccccc1CON=C(C)C. The van der Waals surface area contributed by atoms with Gasteiger partial charge in [-0.2, -0.15) is 0 Å². The molecular weight excluding hydrogens is 258 g/mol. The lowest BCUT2D eigenvalue weighted by molar-refractivity contribution is -0.133. The van der Waals surface area contributed by atoms with Gasteiger partial charge in [-0.1, -0.05) is 29.4 Å². The monoisotopic (exact) mass is 277 g/mol. The van der Waals surface area contributed by atoms with Crippen LogP contribution >= 0.6 is 0 Å². The molecule has 0 saturated heterocycles. The summed E-state index contributed by atoms with van der Waals surface area (Å²) in [4.78, 5) is 17.0. The summed E-state index contributed by atoms with van der Waals surface area (Å²) in [6, 6.07) is 7.37. The van der Waals surface area contributed by atoms with Crippen molar-refractivity contribution in [3.8, 4) is 0 Å². The molecule has 0 aliphatic carbocycles. The average molecular weight is 277 g/mol. The summed E-state index contributed by atoms with van der Waals surface area (Å²) in [6.07, 6.45) is 1.36. The maximum absolute atomic E-state index is 11.8.